The van der Waals surface area contributed by atoms with Gasteiger partial charge in [0.25, 0.3) is 5.91 Å². The number of rotatable bonds is 4. The number of likely N-dealkylation sites (tertiary alicyclic amines) is 1. The Hall–Kier alpha value is -3.32. The van der Waals surface area contributed by atoms with Crippen molar-refractivity contribution < 1.29 is 39.2 Å². The van der Waals surface area contributed by atoms with Gasteiger partial charge in [-0.05, 0) is 71.1 Å². The summed E-state index contributed by atoms with van der Waals surface area (Å²) in [7, 11) is 2.92. The minimum absolute atomic E-state index is 0.0103. The van der Waals surface area contributed by atoms with E-state index in [4.69, 9.17) is 11.5 Å². The van der Waals surface area contributed by atoms with Crippen LogP contribution in [-0.4, -0.2) is 91.1 Å². The quantitative estimate of drug-likeness (QED) is 0.281. The lowest BCUT2D eigenvalue weighted by Gasteiger charge is -2.56. The molecule has 5 aliphatic rings. The molecule has 4 aliphatic carbocycles. The van der Waals surface area contributed by atoms with Crippen LogP contribution in [0.1, 0.15) is 55.2 Å². The van der Waals surface area contributed by atoms with Crippen molar-refractivity contribution in [1.82, 2.24) is 9.80 Å². The zero-order valence-electron chi connectivity index (χ0n) is 23.0. The molecule has 1 spiro atoms. The molecule has 1 aliphatic heterocycles. The number of nitrogens with two attached hydrogens (primary N) is 2. The minimum Gasteiger partial charge on any atom is -0.508 e. The van der Waals surface area contributed by atoms with Crippen LogP contribution in [0, 0.1) is 11.7 Å². The number of hydrogen-bond donors (Lipinski definition) is 6. The van der Waals surface area contributed by atoms with E-state index >= 15 is 4.39 Å². The normalized spacial score (nSPS) is 32.7. The molecular formula is C29H35FN4O7. The number of phenolic OH excluding ortho intramolecular Hbond substituents is 1. The van der Waals surface area contributed by atoms with Crippen molar-refractivity contribution in [3.05, 3.63) is 45.5 Å². The van der Waals surface area contributed by atoms with E-state index < -0.39 is 69.2 Å². The number of carbonyl (C=O) groups is 3. The first kappa shape index (κ1) is 27.8. The Bertz CT molecular complexity index is 1480. The largest absolute Gasteiger partial charge is 0.508 e. The standard InChI is InChI=1S/C29H35FN4O7/c1-33(2)23-22(37)19(26(31)40)25(39)29(41)24(38)17-13(11-28(23,29)32)9-15-18(21(17)36)16(35)10-14(20(15)30)12-34-8-4-3-5-27(34)6-7-27/h10,13,23,35-36,39,41H,3-9,11-12,32H2,1-2H3,(H2,31,40)/t13?,23-,28-,29+/m1/s1. The molecule has 3 fully saturated rings. The predicted octanol–water partition coefficient (Wildman–Crippen LogP) is 0.703. The van der Waals surface area contributed by atoms with Gasteiger partial charge >= 0.3 is 0 Å². The Kier molecular flexibility index (Phi) is 6.00. The van der Waals surface area contributed by atoms with Crippen molar-refractivity contribution in [3.8, 4) is 5.75 Å². The van der Waals surface area contributed by atoms with Crippen LogP contribution in [0.2, 0.25) is 0 Å². The van der Waals surface area contributed by atoms with E-state index in [1.54, 1.807) is 0 Å². The topological polar surface area (TPSA) is 191 Å². The van der Waals surface area contributed by atoms with E-state index in [1.165, 1.54) is 25.1 Å². The number of Topliss-reactive ketones (excluding diaryl/α,β-unsaturated/α-hetero) is 2. The average Bonchev–Trinajstić information content (AvgIpc) is 3.65. The summed E-state index contributed by atoms with van der Waals surface area (Å²) in [6, 6.07) is -0.201. The summed E-state index contributed by atoms with van der Waals surface area (Å²) in [6.45, 7) is 1.11. The zero-order valence-corrected chi connectivity index (χ0v) is 23.0. The number of primary amides is 1. The number of piperidine rings is 1. The van der Waals surface area contributed by atoms with Crippen LogP contribution in [0.25, 0.3) is 5.76 Å². The first-order chi connectivity index (χ1) is 19.2. The molecule has 2 saturated carbocycles. The van der Waals surface area contributed by atoms with Gasteiger partial charge in [-0.15, -0.1) is 0 Å². The van der Waals surface area contributed by atoms with E-state index in [-0.39, 0.29) is 40.6 Å². The van der Waals surface area contributed by atoms with Crippen molar-refractivity contribution >= 4 is 23.2 Å². The number of fused-ring (bicyclic) bond motifs is 3. The maximum Gasteiger partial charge on any atom is 0.255 e. The number of phenols is 1. The molecule has 0 radical (unpaired) electrons. The number of likely N-dealkylation sites (N-methyl/N-ethyl adjacent to an activating group) is 1. The molecule has 220 valence electrons. The average molecular weight is 571 g/mol. The van der Waals surface area contributed by atoms with Crippen molar-refractivity contribution in [2.75, 3.05) is 20.6 Å². The Morgan fingerprint density at radius 2 is 1.85 bits per heavy atom. The molecule has 8 N–H and O–H groups in total. The van der Waals surface area contributed by atoms with Crippen molar-refractivity contribution in [2.45, 2.75) is 74.2 Å². The Balaban J connectivity index is 1.48. The van der Waals surface area contributed by atoms with Gasteiger partial charge in [0.05, 0.1) is 17.1 Å². The number of aliphatic hydroxyl groups is 3. The van der Waals surface area contributed by atoms with Gasteiger partial charge in [-0.1, -0.05) is 6.42 Å². The van der Waals surface area contributed by atoms with Crippen LogP contribution in [0.3, 0.4) is 0 Å². The van der Waals surface area contributed by atoms with Gasteiger partial charge in [0.2, 0.25) is 11.4 Å². The van der Waals surface area contributed by atoms with Crippen LogP contribution in [0.15, 0.2) is 23.0 Å². The molecular weight excluding hydrogens is 535 g/mol. The summed E-state index contributed by atoms with van der Waals surface area (Å²) in [5.74, 6) is -7.59. The number of hydrogen-bond acceptors (Lipinski definition) is 10. The molecule has 1 aromatic rings. The third-order valence-corrected chi connectivity index (χ3v) is 10.1. The number of halogens is 1. The molecule has 0 aromatic heterocycles. The van der Waals surface area contributed by atoms with Crippen molar-refractivity contribution in [2.24, 2.45) is 17.4 Å². The molecule has 4 atom stereocenters. The number of benzene rings is 1. The molecule has 41 heavy (non-hydrogen) atoms. The van der Waals surface area contributed by atoms with Gasteiger partial charge in [0, 0.05) is 28.8 Å². The molecule has 6 rings (SSSR count). The molecule has 1 amide bonds. The lowest BCUT2D eigenvalue weighted by Crippen LogP contribution is -2.80. The first-order valence-electron chi connectivity index (χ1n) is 13.9. The second-order valence-electron chi connectivity index (χ2n) is 12.6. The zero-order chi connectivity index (χ0) is 29.8. The number of aromatic hydroxyl groups is 1. The predicted molar refractivity (Wildman–Crippen MR) is 144 cm³/mol. The van der Waals surface area contributed by atoms with E-state index in [9.17, 15) is 34.8 Å². The fraction of sp³-hybridized carbons (Fsp3) is 0.552. The van der Waals surface area contributed by atoms with E-state index in [2.05, 4.69) is 4.90 Å². The van der Waals surface area contributed by atoms with Crippen LogP contribution < -0.4 is 11.5 Å². The molecule has 1 heterocycles. The molecule has 11 nitrogen and oxygen atoms in total. The second kappa shape index (κ2) is 8.84. The second-order valence-corrected chi connectivity index (χ2v) is 12.6. The van der Waals surface area contributed by atoms with Crippen LogP contribution >= 0.6 is 0 Å². The third-order valence-electron chi connectivity index (χ3n) is 10.1. The Morgan fingerprint density at radius 1 is 1.17 bits per heavy atom. The minimum atomic E-state index is -3.00. The van der Waals surface area contributed by atoms with Gasteiger partial charge in [-0.2, -0.15) is 0 Å². The lowest BCUT2D eigenvalue weighted by molar-refractivity contribution is -0.157. The maximum atomic E-state index is 16.2. The molecule has 0 bridgehead atoms. The lowest BCUT2D eigenvalue weighted by atomic mass is 9.53. The van der Waals surface area contributed by atoms with Gasteiger partial charge in [-0.25, -0.2) is 4.39 Å². The number of carbonyl (C=O) groups excluding carboxylic acids is 3. The van der Waals surface area contributed by atoms with E-state index in [1.807, 2.05) is 0 Å². The highest BCUT2D eigenvalue weighted by molar-refractivity contribution is 6.25. The number of aliphatic hydroxyl groups excluding tert-OH is 2. The van der Waals surface area contributed by atoms with Gasteiger partial charge < -0.3 is 31.9 Å². The first-order valence-corrected chi connectivity index (χ1v) is 13.9. The van der Waals surface area contributed by atoms with Crippen molar-refractivity contribution in [3.63, 3.8) is 0 Å². The molecule has 12 heteroatoms. The summed E-state index contributed by atoms with van der Waals surface area (Å²) in [6.07, 6.45) is 4.79. The summed E-state index contributed by atoms with van der Waals surface area (Å²) < 4.78 is 16.2. The smallest absolute Gasteiger partial charge is 0.255 e. The van der Waals surface area contributed by atoms with E-state index in [0.717, 1.165) is 38.6 Å². The Labute approximate surface area is 235 Å². The molecule has 1 unspecified atom stereocenters. The highest BCUT2D eigenvalue weighted by Crippen LogP contribution is 2.54. The summed E-state index contributed by atoms with van der Waals surface area (Å²) in [5.41, 5.74) is 5.61. The van der Waals surface area contributed by atoms with Crippen LogP contribution in [-0.2, 0) is 27.3 Å². The molecule has 1 saturated heterocycles. The summed E-state index contributed by atoms with van der Waals surface area (Å²) >= 11 is 0. The summed E-state index contributed by atoms with van der Waals surface area (Å²) in [5, 5.41) is 45.1. The van der Waals surface area contributed by atoms with Crippen molar-refractivity contribution in [1.29, 1.82) is 0 Å². The maximum absolute atomic E-state index is 16.2. The summed E-state index contributed by atoms with van der Waals surface area (Å²) in [4.78, 5) is 43.0. The number of amides is 1. The highest BCUT2D eigenvalue weighted by atomic mass is 19.1. The van der Waals surface area contributed by atoms with Gasteiger partial charge in [0.15, 0.2) is 11.5 Å². The van der Waals surface area contributed by atoms with Crippen LogP contribution in [0.5, 0.6) is 5.75 Å². The fourth-order valence-electron chi connectivity index (χ4n) is 7.99. The SMILES string of the molecule is CN(C)[C@@H]1C(=O)C(C(N)=O)=C(O)[C@@]2(O)C(=O)C3=C(O)c4c(O)cc(CN5CCCCC56CC6)c(F)c4CC3C[C@@]12N. The Morgan fingerprint density at radius 3 is 2.46 bits per heavy atom. The van der Waals surface area contributed by atoms with Crippen LogP contribution in [0.4, 0.5) is 4.39 Å². The van der Waals surface area contributed by atoms with Gasteiger partial charge in [0.1, 0.15) is 22.9 Å². The fourth-order valence-corrected chi connectivity index (χ4v) is 7.99. The van der Waals surface area contributed by atoms with E-state index in [0.29, 0.717) is 6.54 Å². The molecule has 1 aromatic carbocycles. The van der Waals surface area contributed by atoms with Gasteiger partial charge in [-0.3, -0.25) is 24.2 Å². The monoisotopic (exact) mass is 570 g/mol. The number of ketones is 2. The third kappa shape index (κ3) is 3.54. The number of nitrogens with zero attached hydrogens (tertiary/aromatic N) is 2. The highest BCUT2D eigenvalue weighted by Gasteiger charge is 2.71.